The van der Waals surface area contributed by atoms with Gasteiger partial charge in [-0.15, -0.1) is 0 Å². The summed E-state index contributed by atoms with van der Waals surface area (Å²) < 4.78 is 5.36. The molecule has 2 aliphatic rings. The van der Waals surface area contributed by atoms with Crippen LogP contribution in [0.25, 0.3) is 17.0 Å². The van der Waals surface area contributed by atoms with Crippen molar-refractivity contribution in [3.8, 4) is 0 Å². The fraction of sp³-hybridized carbons (Fsp3) is 0.167. The van der Waals surface area contributed by atoms with E-state index in [1.54, 1.807) is 41.4 Å². The van der Waals surface area contributed by atoms with Gasteiger partial charge in [-0.2, -0.15) is 0 Å². The average molecular weight is 513 g/mol. The third kappa shape index (κ3) is 4.67. The number of nitrogens with zero attached hydrogens (tertiary/aromatic N) is 3. The molecule has 0 spiro atoms. The fourth-order valence-corrected chi connectivity index (χ4v) is 5.02. The molecule has 1 aromatic heterocycles. The van der Waals surface area contributed by atoms with Crippen molar-refractivity contribution in [2.45, 2.75) is 0 Å². The smallest absolute Gasteiger partial charge is 0.264 e. The number of fused-ring (bicyclic) bond motifs is 1. The van der Waals surface area contributed by atoms with Gasteiger partial charge in [0.1, 0.15) is 5.69 Å². The van der Waals surface area contributed by atoms with E-state index in [1.165, 1.54) is 11.8 Å². The minimum absolute atomic E-state index is 0.0560. The zero-order valence-corrected chi connectivity index (χ0v) is 20.1. The number of benzene rings is 2. The Morgan fingerprint density at radius 1 is 1.15 bits per heavy atom. The monoisotopic (exact) mass is 512 g/mol. The second-order valence-corrected chi connectivity index (χ2v) is 9.44. The van der Waals surface area contributed by atoms with Crippen LogP contribution in [0.4, 0.5) is 5.69 Å². The second-order valence-electron chi connectivity index (χ2n) is 7.59. The molecule has 2 aliphatic heterocycles. The molecule has 34 heavy (non-hydrogen) atoms. The van der Waals surface area contributed by atoms with Gasteiger partial charge in [-0.1, -0.05) is 35.3 Å². The minimum atomic E-state index is -0.275. The number of amides is 2. The first-order valence-corrected chi connectivity index (χ1v) is 12.1. The molecule has 172 valence electrons. The summed E-state index contributed by atoms with van der Waals surface area (Å²) >= 11 is 13.6. The molecule has 0 aliphatic carbocycles. The van der Waals surface area contributed by atoms with E-state index in [4.69, 9.17) is 27.9 Å². The van der Waals surface area contributed by atoms with Gasteiger partial charge in [0, 0.05) is 24.7 Å². The van der Waals surface area contributed by atoms with Gasteiger partial charge in [0.25, 0.3) is 11.8 Å². The number of hydrogen-bond acceptors (Lipinski definition) is 6. The van der Waals surface area contributed by atoms with Gasteiger partial charge in [-0.3, -0.25) is 14.6 Å². The third-order valence-electron chi connectivity index (χ3n) is 5.39. The molecule has 3 heterocycles. The van der Waals surface area contributed by atoms with Crippen LogP contribution in [0.2, 0.25) is 10.0 Å². The lowest BCUT2D eigenvalue weighted by molar-refractivity contribution is -0.115. The van der Waals surface area contributed by atoms with Crippen LogP contribution in [-0.4, -0.2) is 53.2 Å². The molecule has 2 saturated heterocycles. The Bertz CT molecular complexity index is 1350. The number of para-hydroxylation sites is 1. The van der Waals surface area contributed by atoms with Gasteiger partial charge in [-0.05, 0) is 53.7 Å². The average Bonchev–Trinajstić information content (AvgIpc) is 3.19. The summed E-state index contributed by atoms with van der Waals surface area (Å²) in [7, 11) is 0. The van der Waals surface area contributed by atoms with E-state index in [-0.39, 0.29) is 11.8 Å². The molecular formula is C24H18Cl2N4O3S. The SMILES string of the molecule is O=C1NC(=Nc2c(Cl)cccc2Cl)S/C1=C\c1ccc2nccc(C(=O)N3CCOCC3)c2c1. The Labute approximate surface area is 209 Å². The van der Waals surface area contributed by atoms with Crippen LogP contribution in [0.1, 0.15) is 15.9 Å². The predicted molar refractivity (Wildman–Crippen MR) is 136 cm³/mol. The number of rotatable bonds is 3. The summed E-state index contributed by atoms with van der Waals surface area (Å²) in [6.45, 7) is 2.17. The van der Waals surface area contributed by atoms with E-state index in [2.05, 4.69) is 15.3 Å². The Kier molecular flexibility index (Phi) is 6.56. The second kappa shape index (κ2) is 9.76. The fourth-order valence-electron chi connectivity index (χ4n) is 3.71. The number of morpholine rings is 1. The predicted octanol–water partition coefficient (Wildman–Crippen LogP) is 4.91. The van der Waals surface area contributed by atoms with Crippen LogP contribution in [0.3, 0.4) is 0 Å². The highest BCUT2D eigenvalue weighted by Crippen LogP contribution is 2.36. The highest BCUT2D eigenvalue weighted by Gasteiger charge is 2.25. The molecule has 2 amide bonds. The number of aliphatic imine (C=N–C) groups is 1. The minimum Gasteiger partial charge on any atom is -0.378 e. The highest BCUT2D eigenvalue weighted by atomic mass is 35.5. The van der Waals surface area contributed by atoms with Crippen LogP contribution in [-0.2, 0) is 9.53 Å². The largest absolute Gasteiger partial charge is 0.378 e. The van der Waals surface area contributed by atoms with E-state index in [9.17, 15) is 9.59 Å². The Hall–Kier alpha value is -2.91. The van der Waals surface area contributed by atoms with E-state index >= 15 is 0 Å². The molecule has 3 aromatic rings. The van der Waals surface area contributed by atoms with Crippen molar-refractivity contribution < 1.29 is 14.3 Å². The number of aromatic nitrogens is 1. The number of carbonyl (C=O) groups excluding carboxylic acids is 2. The van der Waals surface area contributed by atoms with Crippen LogP contribution in [0.5, 0.6) is 0 Å². The number of ether oxygens (including phenoxy) is 1. The molecule has 0 atom stereocenters. The van der Waals surface area contributed by atoms with Gasteiger partial charge in [0.05, 0.1) is 39.2 Å². The zero-order chi connectivity index (χ0) is 23.7. The summed E-state index contributed by atoms with van der Waals surface area (Å²) in [5, 5.41) is 4.65. The number of amidine groups is 1. The Morgan fingerprint density at radius 3 is 2.68 bits per heavy atom. The maximum Gasteiger partial charge on any atom is 0.264 e. The first-order chi connectivity index (χ1) is 16.5. The first-order valence-electron chi connectivity index (χ1n) is 10.5. The van der Waals surface area contributed by atoms with Crippen LogP contribution >= 0.6 is 35.0 Å². The molecule has 7 nitrogen and oxygen atoms in total. The van der Waals surface area contributed by atoms with E-state index in [0.29, 0.717) is 63.2 Å². The molecule has 2 aromatic carbocycles. The molecular weight excluding hydrogens is 495 g/mol. The maximum absolute atomic E-state index is 13.1. The summed E-state index contributed by atoms with van der Waals surface area (Å²) in [5.41, 5.74) is 2.45. The van der Waals surface area contributed by atoms with Crippen molar-refractivity contribution >= 4 is 74.6 Å². The van der Waals surface area contributed by atoms with Crippen molar-refractivity contribution in [3.05, 3.63) is 74.7 Å². The standard InChI is InChI=1S/C24H18Cl2N4O3S/c25-17-2-1-3-18(26)21(17)28-24-29-22(31)20(34-24)13-14-4-5-19-16(12-14)15(6-7-27-19)23(32)30-8-10-33-11-9-30/h1-7,12-13H,8-11H2,(H,28,29,31)/b20-13-. The van der Waals surface area contributed by atoms with Gasteiger partial charge < -0.3 is 15.0 Å². The van der Waals surface area contributed by atoms with Crippen LogP contribution in [0.15, 0.2) is 58.6 Å². The maximum atomic E-state index is 13.1. The molecule has 0 unspecified atom stereocenters. The Balaban J connectivity index is 1.45. The van der Waals surface area contributed by atoms with E-state index in [1.807, 2.05) is 18.2 Å². The van der Waals surface area contributed by atoms with Gasteiger partial charge in [0.15, 0.2) is 5.17 Å². The number of halogens is 2. The molecule has 10 heteroatoms. The number of carbonyl (C=O) groups is 2. The lowest BCUT2D eigenvalue weighted by atomic mass is 10.0. The van der Waals surface area contributed by atoms with Gasteiger partial charge in [-0.25, -0.2) is 4.99 Å². The quantitative estimate of drug-likeness (QED) is 0.504. The van der Waals surface area contributed by atoms with Crippen molar-refractivity contribution in [2.75, 3.05) is 26.3 Å². The van der Waals surface area contributed by atoms with E-state index in [0.717, 1.165) is 10.9 Å². The highest BCUT2D eigenvalue weighted by molar-refractivity contribution is 8.18. The van der Waals surface area contributed by atoms with E-state index < -0.39 is 0 Å². The van der Waals surface area contributed by atoms with Gasteiger partial charge >= 0.3 is 0 Å². The van der Waals surface area contributed by atoms with Crippen molar-refractivity contribution in [2.24, 2.45) is 4.99 Å². The number of pyridine rings is 1. The summed E-state index contributed by atoms with van der Waals surface area (Å²) in [4.78, 5) is 36.7. The topological polar surface area (TPSA) is 83.9 Å². The van der Waals surface area contributed by atoms with Crippen LogP contribution < -0.4 is 5.32 Å². The van der Waals surface area contributed by atoms with Crippen molar-refractivity contribution in [1.29, 1.82) is 0 Å². The van der Waals surface area contributed by atoms with Crippen molar-refractivity contribution in [1.82, 2.24) is 15.2 Å². The summed E-state index contributed by atoms with van der Waals surface area (Å²) in [5.74, 6) is -0.331. The molecule has 0 bridgehead atoms. The zero-order valence-electron chi connectivity index (χ0n) is 17.8. The number of nitrogens with one attached hydrogen (secondary N) is 1. The first kappa shape index (κ1) is 22.9. The lowest BCUT2D eigenvalue weighted by Gasteiger charge is -2.27. The molecule has 0 saturated carbocycles. The van der Waals surface area contributed by atoms with Crippen LogP contribution in [0, 0.1) is 0 Å². The third-order valence-corrected chi connectivity index (χ3v) is 6.91. The normalized spacial score (nSPS) is 18.6. The summed E-state index contributed by atoms with van der Waals surface area (Å²) in [6, 6.07) is 12.4. The molecule has 0 radical (unpaired) electrons. The molecule has 2 fully saturated rings. The Morgan fingerprint density at radius 2 is 1.91 bits per heavy atom. The number of thioether (sulfide) groups is 1. The molecule has 5 rings (SSSR count). The molecule has 1 N–H and O–H groups in total. The number of hydrogen-bond donors (Lipinski definition) is 1. The summed E-state index contributed by atoms with van der Waals surface area (Å²) in [6.07, 6.45) is 3.39. The lowest BCUT2D eigenvalue weighted by Crippen LogP contribution is -2.40. The van der Waals surface area contributed by atoms with Crippen molar-refractivity contribution in [3.63, 3.8) is 0 Å². The van der Waals surface area contributed by atoms with Gasteiger partial charge in [0.2, 0.25) is 0 Å².